The minimum atomic E-state index is -0.984. The van der Waals surface area contributed by atoms with Crippen LogP contribution in [0.1, 0.15) is 17.3 Å². The molecule has 0 aliphatic heterocycles. The van der Waals surface area contributed by atoms with Crippen LogP contribution in [0.15, 0.2) is 48.8 Å². The Morgan fingerprint density at radius 2 is 2.04 bits per heavy atom. The number of benzene rings is 1. The number of anilines is 1. The van der Waals surface area contributed by atoms with Crippen molar-refractivity contribution in [2.24, 2.45) is 0 Å². The molecule has 7 heteroatoms. The number of pyridine rings is 1. The zero-order valence-electron chi connectivity index (χ0n) is 12.7. The predicted octanol–water partition coefficient (Wildman–Crippen LogP) is 3.40. The molecule has 1 atom stereocenters. The summed E-state index contributed by atoms with van der Waals surface area (Å²) in [5.41, 5.74) is 1.56. The molecule has 0 unspecified atom stereocenters. The van der Waals surface area contributed by atoms with Gasteiger partial charge in [-0.15, -0.1) is 0 Å². The fourth-order valence-electron chi connectivity index (χ4n) is 2.23. The van der Waals surface area contributed by atoms with E-state index in [1.54, 1.807) is 18.3 Å². The zero-order valence-corrected chi connectivity index (χ0v) is 13.5. The number of hydrogen-bond donors (Lipinski definition) is 2. The molecule has 0 aliphatic rings. The average molecular weight is 344 g/mol. The van der Waals surface area contributed by atoms with Crippen molar-refractivity contribution in [2.75, 3.05) is 5.32 Å². The van der Waals surface area contributed by atoms with Gasteiger partial charge in [0.05, 0.1) is 11.3 Å². The van der Waals surface area contributed by atoms with Gasteiger partial charge in [0.15, 0.2) is 11.3 Å². The van der Waals surface area contributed by atoms with Gasteiger partial charge in [-0.05, 0) is 25.1 Å². The van der Waals surface area contributed by atoms with E-state index >= 15 is 0 Å². The van der Waals surface area contributed by atoms with Crippen molar-refractivity contribution < 1.29 is 14.3 Å². The maximum Gasteiger partial charge on any atom is 0.341 e. The molecule has 2 heterocycles. The maximum atomic E-state index is 12.3. The van der Waals surface area contributed by atoms with E-state index < -0.39 is 18.0 Å². The number of aromatic nitrogens is 2. The fourth-order valence-corrected chi connectivity index (χ4v) is 2.40. The van der Waals surface area contributed by atoms with Gasteiger partial charge >= 0.3 is 5.97 Å². The molecule has 0 aliphatic carbocycles. The second kappa shape index (κ2) is 6.72. The van der Waals surface area contributed by atoms with Gasteiger partial charge in [-0.2, -0.15) is 0 Å². The number of fused-ring (bicyclic) bond motifs is 1. The van der Waals surface area contributed by atoms with Crippen molar-refractivity contribution in [3.05, 3.63) is 59.5 Å². The highest BCUT2D eigenvalue weighted by Crippen LogP contribution is 2.20. The maximum absolute atomic E-state index is 12.3. The highest BCUT2D eigenvalue weighted by molar-refractivity contribution is 6.32. The van der Waals surface area contributed by atoms with Gasteiger partial charge in [-0.25, -0.2) is 9.78 Å². The summed E-state index contributed by atoms with van der Waals surface area (Å²) >= 11 is 5.89. The number of carbonyl (C=O) groups is 2. The summed E-state index contributed by atoms with van der Waals surface area (Å²) in [6.07, 6.45) is 2.09. The minimum Gasteiger partial charge on any atom is -0.449 e. The number of nitrogens with zero attached hydrogens (tertiary/aromatic N) is 1. The molecule has 1 amide bonds. The third-order valence-corrected chi connectivity index (χ3v) is 3.78. The Balaban J connectivity index is 1.70. The number of aromatic amines is 1. The molecule has 0 fully saturated rings. The summed E-state index contributed by atoms with van der Waals surface area (Å²) in [4.78, 5) is 31.3. The lowest BCUT2D eigenvalue weighted by Crippen LogP contribution is -2.30. The molecule has 6 nitrogen and oxygen atoms in total. The number of nitrogens with one attached hydrogen (secondary N) is 2. The predicted molar refractivity (Wildman–Crippen MR) is 91.1 cm³/mol. The van der Waals surface area contributed by atoms with Crippen molar-refractivity contribution in [3.8, 4) is 0 Å². The summed E-state index contributed by atoms with van der Waals surface area (Å²) in [6, 6.07) is 10.6. The van der Waals surface area contributed by atoms with Crippen LogP contribution in [0.5, 0.6) is 0 Å². The van der Waals surface area contributed by atoms with E-state index in [2.05, 4.69) is 15.3 Å². The van der Waals surface area contributed by atoms with Crippen LogP contribution >= 0.6 is 11.6 Å². The monoisotopic (exact) mass is 343 g/mol. The lowest BCUT2D eigenvalue weighted by molar-refractivity contribution is -0.123. The van der Waals surface area contributed by atoms with E-state index in [0.29, 0.717) is 11.3 Å². The largest absolute Gasteiger partial charge is 0.449 e. The summed E-state index contributed by atoms with van der Waals surface area (Å²) in [7, 11) is 0. The van der Waals surface area contributed by atoms with Crippen LogP contribution in [-0.2, 0) is 9.53 Å². The van der Waals surface area contributed by atoms with E-state index in [9.17, 15) is 9.59 Å². The third-order valence-electron chi connectivity index (χ3n) is 3.48. The highest BCUT2D eigenvalue weighted by Gasteiger charge is 2.21. The molecule has 3 aromatic rings. The van der Waals surface area contributed by atoms with E-state index in [-0.39, 0.29) is 5.15 Å². The summed E-state index contributed by atoms with van der Waals surface area (Å²) in [6.45, 7) is 1.49. The SMILES string of the molecule is C[C@H](OC(=O)c1c[nH]c2ccccc12)C(=O)Nc1cccnc1Cl. The molecule has 0 spiro atoms. The van der Waals surface area contributed by atoms with Gasteiger partial charge in [0.25, 0.3) is 5.91 Å². The number of esters is 1. The number of halogens is 1. The number of para-hydroxylation sites is 1. The molecule has 0 radical (unpaired) electrons. The van der Waals surface area contributed by atoms with Crippen molar-refractivity contribution in [1.82, 2.24) is 9.97 Å². The van der Waals surface area contributed by atoms with E-state index in [1.165, 1.54) is 13.1 Å². The highest BCUT2D eigenvalue weighted by atomic mass is 35.5. The van der Waals surface area contributed by atoms with Crippen LogP contribution < -0.4 is 5.32 Å². The van der Waals surface area contributed by atoms with Gasteiger partial charge < -0.3 is 15.0 Å². The molecule has 0 saturated carbocycles. The smallest absolute Gasteiger partial charge is 0.341 e. The second-order valence-corrected chi connectivity index (χ2v) is 5.48. The molecular weight excluding hydrogens is 330 g/mol. The Morgan fingerprint density at radius 3 is 2.83 bits per heavy atom. The van der Waals surface area contributed by atoms with Gasteiger partial charge in [0.2, 0.25) is 0 Å². The first kappa shape index (κ1) is 16.0. The zero-order chi connectivity index (χ0) is 17.1. The van der Waals surface area contributed by atoms with Crippen molar-refractivity contribution in [2.45, 2.75) is 13.0 Å². The number of hydrogen-bond acceptors (Lipinski definition) is 4. The minimum absolute atomic E-state index is 0.168. The lowest BCUT2D eigenvalue weighted by atomic mass is 10.2. The van der Waals surface area contributed by atoms with E-state index in [4.69, 9.17) is 16.3 Å². The first-order valence-corrected chi connectivity index (χ1v) is 7.62. The van der Waals surface area contributed by atoms with Crippen molar-refractivity contribution >= 4 is 40.1 Å². The Bertz CT molecular complexity index is 907. The molecule has 0 saturated heterocycles. The van der Waals surface area contributed by atoms with Crippen LogP contribution in [0.2, 0.25) is 5.15 Å². The number of carbonyl (C=O) groups excluding carboxylic acids is 2. The Labute approximate surface area is 142 Å². The normalized spacial score (nSPS) is 11.9. The lowest BCUT2D eigenvalue weighted by Gasteiger charge is -2.13. The molecule has 2 aromatic heterocycles. The van der Waals surface area contributed by atoms with Crippen LogP contribution in [0.3, 0.4) is 0 Å². The van der Waals surface area contributed by atoms with Crippen LogP contribution in [0.4, 0.5) is 5.69 Å². The topological polar surface area (TPSA) is 84.1 Å². The molecule has 0 bridgehead atoms. The Kier molecular flexibility index (Phi) is 4.48. The van der Waals surface area contributed by atoms with Crippen LogP contribution in [0, 0.1) is 0 Å². The van der Waals surface area contributed by atoms with Crippen molar-refractivity contribution in [1.29, 1.82) is 0 Å². The van der Waals surface area contributed by atoms with Crippen LogP contribution in [-0.4, -0.2) is 27.9 Å². The average Bonchev–Trinajstić information content (AvgIpc) is 3.01. The van der Waals surface area contributed by atoms with E-state index in [1.807, 2.05) is 24.3 Å². The Hall–Kier alpha value is -2.86. The molecule has 2 N–H and O–H groups in total. The molecule has 24 heavy (non-hydrogen) atoms. The Morgan fingerprint density at radius 1 is 1.25 bits per heavy atom. The summed E-state index contributed by atoms with van der Waals surface area (Å²) in [5.74, 6) is -1.06. The van der Waals surface area contributed by atoms with Gasteiger partial charge in [0, 0.05) is 23.3 Å². The quantitative estimate of drug-likeness (QED) is 0.561. The molecule has 1 aromatic carbocycles. The first-order valence-electron chi connectivity index (χ1n) is 7.24. The number of amides is 1. The summed E-state index contributed by atoms with van der Waals surface area (Å²) in [5, 5.41) is 3.49. The number of ether oxygens (including phenoxy) is 1. The molecular formula is C17H14ClN3O3. The van der Waals surface area contributed by atoms with Gasteiger partial charge in [0.1, 0.15) is 0 Å². The van der Waals surface area contributed by atoms with Gasteiger partial charge in [-0.3, -0.25) is 4.79 Å². The third kappa shape index (κ3) is 3.23. The first-order chi connectivity index (χ1) is 11.6. The van der Waals surface area contributed by atoms with Gasteiger partial charge in [-0.1, -0.05) is 29.8 Å². The second-order valence-electron chi connectivity index (χ2n) is 5.13. The fraction of sp³-hybridized carbons (Fsp3) is 0.118. The number of H-pyrrole nitrogens is 1. The standard InChI is InChI=1S/C17H14ClN3O3/c1-10(16(22)21-14-7-4-8-19-15(14)18)24-17(23)12-9-20-13-6-3-2-5-11(12)13/h2-10,20H,1H3,(H,21,22)/t10-/m0/s1. The van der Waals surface area contributed by atoms with Crippen molar-refractivity contribution in [3.63, 3.8) is 0 Å². The van der Waals surface area contributed by atoms with Crippen LogP contribution in [0.25, 0.3) is 10.9 Å². The molecule has 122 valence electrons. The molecule has 3 rings (SSSR count). The number of rotatable bonds is 4. The van der Waals surface area contributed by atoms with E-state index in [0.717, 1.165) is 10.9 Å². The summed E-state index contributed by atoms with van der Waals surface area (Å²) < 4.78 is 5.24.